The molecule has 1 fully saturated rings. The van der Waals surface area contributed by atoms with Crippen molar-refractivity contribution in [1.82, 2.24) is 10.3 Å². The van der Waals surface area contributed by atoms with Gasteiger partial charge in [-0.25, -0.2) is 9.37 Å². The average Bonchev–Trinajstić information content (AvgIpc) is 2.37. The van der Waals surface area contributed by atoms with Gasteiger partial charge in [-0.3, -0.25) is 0 Å². The number of halogens is 4. The van der Waals surface area contributed by atoms with Crippen LogP contribution in [-0.2, 0) is 10.9 Å². The molecule has 0 spiro atoms. The van der Waals surface area contributed by atoms with Crippen molar-refractivity contribution >= 4 is 0 Å². The van der Waals surface area contributed by atoms with Crippen molar-refractivity contribution in [3.05, 3.63) is 23.6 Å². The lowest BCUT2D eigenvalue weighted by Gasteiger charge is -2.23. The van der Waals surface area contributed by atoms with Crippen LogP contribution in [0, 0.1) is 5.82 Å². The van der Waals surface area contributed by atoms with E-state index in [2.05, 4.69) is 10.3 Å². The second-order valence-electron chi connectivity index (χ2n) is 4.02. The number of hydrogen-bond acceptors (Lipinski definition) is 4. The zero-order valence-electron chi connectivity index (χ0n) is 9.84. The molecule has 0 radical (unpaired) electrons. The molecule has 0 amide bonds. The summed E-state index contributed by atoms with van der Waals surface area (Å²) in [5.41, 5.74) is -1.15. The molecule has 0 aromatic carbocycles. The second kappa shape index (κ2) is 5.70. The number of alkyl halides is 3. The van der Waals surface area contributed by atoms with E-state index in [0.717, 1.165) is 6.54 Å². The molecule has 1 unspecified atom stereocenters. The molecular formula is C11H12F4N2O2. The van der Waals surface area contributed by atoms with Crippen molar-refractivity contribution in [3.63, 3.8) is 0 Å². The number of aromatic nitrogens is 1. The molecule has 1 aromatic heterocycles. The summed E-state index contributed by atoms with van der Waals surface area (Å²) in [4.78, 5) is 3.34. The summed E-state index contributed by atoms with van der Waals surface area (Å²) >= 11 is 0. The predicted octanol–water partition coefficient (Wildman–Crippen LogP) is 1.61. The number of rotatable bonds is 3. The first-order valence-electron chi connectivity index (χ1n) is 5.64. The molecule has 0 aliphatic carbocycles. The fourth-order valence-corrected chi connectivity index (χ4v) is 1.59. The summed E-state index contributed by atoms with van der Waals surface area (Å²) in [5, 5.41) is 3.05. The summed E-state index contributed by atoms with van der Waals surface area (Å²) < 4.78 is 60.6. The lowest BCUT2D eigenvalue weighted by Crippen LogP contribution is -2.41. The fraction of sp³-hybridized carbons (Fsp3) is 0.545. The SMILES string of the molecule is Fc1cc(C(F)(F)F)cnc1OCC1CNCCO1. The third-order valence-electron chi connectivity index (χ3n) is 2.55. The maximum Gasteiger partial charge on any atom is 0.417 e. The van der Waals surface area contributed by atoms with Gasteiger partial charge in [0, 0.05) is 19.3 Å². The van der Waals surface area contributed by atoms with E-state index in [1.807, 2.05) is 0 Å². The van der Waals surface area contributed by atoms with Crippen molar-refractivity contribution in [2.75, 3.05) is 26.3 Å². The monoisotopic (exact) mass is 280 g/mol. The van der Waals surface area contributed by atoms with E-state index in [1.165, 1.54) is 0 Å². The van der Waals surface area contributed by atoms with Gasteiger partial charge in [-0.1, -0.05) is 0 Å². The van der Waals surface area contributed by atoms with Gasteiger partial charge in [-0.2, -0.15) is 13.2 Å². The molecule has 1 atom stereocenters. The summed E-state index contributed by atoms with van der Waals surface area (Å²) in [6, 6.07) is 0.363. The van der Waals surface area contributed by atoms with E-state index < -0.39 is 23.4 Å². The van der Waals surface area contributed by atoms with E-state index in [4.69, 9.17) is 9.47 Å². The minimum Gasteiger partial charge on any atom is -0.473 e. The molecule has 1 aromatic rings. The van der Waals surface area contributed by atoms with Gasteiger partial charge in [0.05, 0.1) is 12.2 Å². The third-order valence-corrected chi connectivity index (χ3v) is 2.55. The normalized spacial score (nSPS) is 20.3. The van der Waals surface area contributed by atoms with Crippen molar-refractivity contribution in [1.29, 1.82) is 0 Å². The van der Waals surface area contributed by atoms with Gasteiger partial charge in [0.2, 0.25) is 5.88 Å². The van der Waals surface area contributed by atoms with E-state index in [0.29, 0.717) is 25.4 Å². The zero-order chi connectivity index (χ0) is 13.9. The van der Waals surface area contributed by atoms with Gasteiger partial charge in [-0.05, 0) is 6.07 Å². The highest BCUT2D eigenvalue weighted by Gasteiger charge is 2.32. The first kappa shape index (κ1) is 14.0. The number of hydrogen-bond donors (Lipinski definition) is 1. The Balaban J connectivity index is 1.97. The highest BCUT2D eigenvalue weighted by molar-refractivity contribution is 5.22. The summed E-state index contributed by atoms with van der Waals surface area (Å²) in [6.45, 7) is 1.81. The Morgan fingerprint density at radius 1 is 1.47 bits per heavy atom. The molecule has 8 heteroatoms. The summed E-state index contributed by atoms with van der Waals surface area (Å²) in [6.07, 6.45) is -4.35. The maximum atomic E-state index is 13.4. The standard InChI is InChI=1S/C11H12F4N2O2/c12-9-3-7(11(13,14)15)4-17-10(9)19-6-8-5-16-1-2-18-8/h3-4,8,16H,1-2,5-6H2. The van der Waals surface area contributed by atoms with Crippen LogP contribution >= 0.6 is 0 Å². The lowest BCUT2D eigenvalue weighted by molar-refractivity contribution is -0.138. The molecule has 1 N–H and O–H groups in total. The average molecular weight is 280 g/mol. The molecule has 2 heterocycles. The Bertz CT molecular complexity index is 433. The van der Waals surface area contributed by atoms with Gasteiger partial charge >= 0.3 is 6.18 Å². The van der Waals surface area contributed by atoms with E-state index in [1.54, 1.807) is 0 Å². The quantitative estimate of drug-likeness (QED) is 0.854. The lowest BCUT2D eigenvalue weighted by atomic mass is 10.3. The topological polar surface area (TPSA) is 43.4 Å². The van der Waals surface area contributed by atoms with Crippen LogP contribution in [0.4, 0.5) is 17.6 Å². The molecule has 106 valence electrons. The molecule has 0 saturated carbocycles. The zero-order valence-corrected chi connectivity index (χ0v) is 9.84. The molecule has 1 saturated heterocycles. The predicted molar refractivity (Wildman–Crippen MR) is 57.3 cm³/mol. The van der Waals surface area contributed by atoms with Crippen LogP contribution in [-0.4, -0.2) is 37.4 Å². The Kier molecular flexibility index (Phi) is 4.20. The summed E-state index contributed by atoms with van der Waals surface area (Å²) in [5.74, 6) is -1.60. The molecule has 19 heavy (non-hydrogen) atoms. The van der Waals surface area contributed by atoms with Crippen LogP contribution in [0.3, 0.4) is 0 Å². The third kappa shape index (κ3) is 3.77. The largest absolute Gasteiger partial charge is 0.473 e. The number of nitrogens with zero attached hydrogens (tertiary/aromatic N) is 1. The summed E-state index contributed by atoms with van der Waals surface area (Å²) in [7, 11) is 0. The smallest absolute Gasteiger partial charge is 0.417 e. The van der Waals surface area contributed by atoms with Crippen molar-refractivity contribution in [2.24, 2.45) is 0 Å². The van der Waals surface area contributed by atoms with Crippen LogP contribution in [0.25, 0.3) is 0 Å². The maximum absolute atomic E-state index is 13.4. The van der Waals surface area contributed by atoms with E-state index >= 15 is 0 Å². The second-order valence-corrected chi connectivity index (χ2v) is 4.02. The Labute approximate surface area is 106 Å². The van der Waals surface area contributed by atoms with Gasteiger partial charge < -0.3 is 14.8 Å². The highest BCUT2D eigenvalue weighted by atomic mass is 19.4. The minimum absolute atomic E-state index is 0.0300. The first-order valence-corrected chi connectivity index (χ1v) is 5.64. The highest BCUT2D eigenvalue weighted by Crippen LogP contribution is 2.30. The van der Waals surface area contributed by atoms with Gasteiger partial charge in [0.1, 0.15) is 12.7 Å². The van der Waals surface area contributed by atoms with Crippen LogP contribution in [0.2, 0.25) is 0 Å². The first-order chi connectivity index (χ1) is 8.97. The Hall–Kier alpha value is -1.41. The number of pyridine rings is 1. The van der Waals surface area contributed by atoms with Crippen LogP contribution < -0.4 is 10.1 Å². The van der Waals surface area contributed by atoms with E-state index in [9.17, 15) is 17.6 Å². The number of morpholine rings is 1. The van der Waals surface area contributed by atoms with Crippen molar-refractivity contribution in [2.45, 2.75) is 12.3 Å². The van der Waals surface area contributed by atoms with Gasteiger partial charge in [0.15, 0.2) is 5.82 Å². The molecule has 1 aliphatic heterocycles. The minimum atomic E-state index is -4.62. The van der Waals surface area contributed by atoms with Crippen LogP contribution in [0.1, 0.15) is 5.56 Å². The molecule has 2 rings (SSSR count). The number of ether oxygens (including phenoxy) is 2. The van der Waals surface area contributed by atoms with Crippen LogP contribution in [0.15, 0.2) is 12.3 Å². The van der Waals surface area contributed by atoms with Gasteiger partial charge in [0.25, 0.3) is 0 Å². The Morgan fingerprint density at radius 3 is 2.84 bits per heavy atom. The Morgan fingerprint density at radius 2 is 2.26 bits per heavy atom. The molecule has 4 nitrogen and oxygen atoms in total. The molecule has 0 bridgehead atoms. The van der Waals surface area contributed by atoms with Crippen molar-refractivity contribution in [3.8, 4) is 5.88 Å². The number of nitrogens with one attached hydrogen (secondary N) is 1. The van der Waals surface area contributed by atoms with Crippen LogP contribution in [0.5, 0.6) is 5.88 Å². The van der Waals surface area contributed by atoms with E-state index in [-0.39, 0.29) is 12.7 Å². The molecular weight excluding hydrogens is 268 g/mol. The van der Waals surface area contributed by atoms with Gasteiger partial charge in [-0.15, -0.1) is 0 Å². The van der Waals surface area contributed by atoms with Crippen molar-refractivity contribution < 1.29 is 27.0 Å². The molecule has 1 aliphatic rings. The fourth-order valence-electron chi connectivity index (χ4n) is 1.59.